The van der Waals surface area contributed by atoms with E-state index in [4.69, 9.17) is 0 Å². The van der Waals surface area contributed by atoms with E-state index in [1.807, 2.05) is 13.8 Å². The zero-order chi connectivity index (χ0) is 14.7. The molecule has 0 saturated carbocycles. The molecular weight excluding hydrogens is 268 g/mol. The van der Waals surface area contributed by atoms with Crippen LogP contribution in [0.5, 0.6) is 0 Å². The van der Waals surface area contributed by atoms with Gasteiger partial charge in [0, 0.05) is 19.1 Å². The van der Waals surface area contributed by atoms with Crippen LogP contribution in [0.2, 0.25) is 0 Å². The molecule has 2 N–H and O–H groups in total. The molecule has 0 bridgehead atoms. The average Bonchev–Trinajstić information content (AvgIpc) is 2.28. The van der Waals surface area contributed by atoms with E-state index in [1.165, 1.54) is 0 Å². The van der Waals surface area contributed by atoms with Gasteiger partial charge in [0.05, 0.1) is 11.5 Å². The van der Waals surface area contributed by atoms with Crippen molar-refractivity contribution in [2.45, 2.75) is 38.8 Å². The third-order valence-corrected chi connectivity index (χ3v) is 5.35. The van der Waals surface area contributed by atoms with E-state index in [-0.39, 0.29) is 17.5 Å². The fourth-order valence-corrected chi connectivity index (χ4v) is 3.74. The number of hydrogen-bond donors (Lipinski definition) is 2. The lowest BCUT2D eigenvalue weighted by Crippen LogP contribution is -2.55. The summed E-state index contributed by atoms with van der Waals surface area (Å²) < 4.78 is 22.8. The summed E-state index contributed by atoms with van der Waals surface area (Å²) in [5.41, 5.74) is -0.968. The van der Waals surface area contributed by atoms with E-state index in [2.05, 4.69) is 10.2 Å². The molecule has 1 aliphatic rings. The summed E-state index contributed by atoms with van der Waals surface area (Å²) in [7, 11) is -2.89. The number of carboxylic acids is 1. The number of nitrogens with zero attached hydrogens (tertiary/aromatic N) is 1. The van der Waals surface area contributed by atoms with Crippen LogP contribution in [-0.2, 0) is 14.6 Å². The largest absolute Gasteiger partial charge is 0.480 e. The zero-order valence-corrected chi connectivity index (χ0v) is 12.7. The van der Waals surface area contributed by atoms with Gasteiger partial charge in [0.25, 0.3) is 0 Å². The molecule has 1 fully saturated rings. The first-order chi connectivity index (χ1) is 8.70. The second-order valence-corrected chi connectivity index (χ2v) is 7.71. The van der Waals surface area contributed by atoms with Gasteiger partial charge >= 0.3 is 5.97 Å². The highest BCUT2D eigenvalue weighted by Gasteiger charge is 2.36. The number of nitrogens with one attached hydrogen (secondary N) is 1. The number of carboxylic acid groups (broad SMARTS) is 1. The SMILES string of the molecule is CCNC(C)(CC(C)N1CCS(=O)(=O)CC1)C(=O)O. The molecule has 0 aliphatic carbocycles. The summed E-state index contributed by atoms with van der Waals surface area (Å²) in [6.07, 6.45) is 0.455. The van der Waals surface area contributed by atoms with E-state index >= 15 is 0 Å². The second-order valence-electron chi connectivity index (χ2n) is 5.41. The van der Waals surface area contributed by atoms with Gasteiger partial charge in [-0.2, -0.15) is 0 Å². The minimum absolute atomic E-state index is 0.0376. The lowest BCUT2D eigenvalue weighted by atomic mass is 9.93. The Labute approximate surface area is 115 Å². The molecular formula is C12H24N2O4S. The summed E-state index contributed by atoms with van der Waals surface area (Å²) in [6, 6.07) is 0.0376. The van der Waals surface area contributed by atoms with Crippen molar-refractivity contribution in [2.24, 2.45) is 0 Å². The van der Waals surface area contributed by atoms with Crippen LogP contribution in [0.15, 0.2) is 0 Å². The number of carbonyl (C=O) groups is 1. The molecule has 1 rings (SSSR count). The number of hydrogen-bond acceptors (Lipinski definition) is 5. The van der Waals surface area contributed by atoms with E-state index in [1.54, 1.807) is 6.92 Å². The van der Waals surface area contributed by atoms with Crippen LogP contribution in [-0.4, -0.2) is 67.1 Å². The molecule has 0 aromatic carbocycles. The van der Waals surface area contributed by atoms with Gasteiger partial charge in [0.2, 0.25) is 0 Å². The topological polar surface area (TPSA) is 86.7 Å². The second kappa shape index (κ2) is 6.19. The molecule has 0 spiro atoms. The monoisotopic (exact) mass is 292 g/mol. The molecule has 112 valence electrons. The average molecular weight is 292 g/mol. The van der Waals surface area contributed by atoms with Gasteiger partial charge in [0.15, 0.2) is 9.84 Å². The van der Waals surface area contributed by atoms with E-state index in [0.29, 0.717) is 26.1 Å². The van der Waals surface area contributed by atoms with E-state index < -0.39 is 21.3 Å². The van der Waals surface area contributed by atoms with Gasteiger partial charge in [0.1, 0.15) is 5.54 Å². The molecule has 2 unspecified atom stereocenters. The first-order valence-electron chi connectivity index (χ1n) is 6.63. The summed E-state index contributed by atoms with van der Waals surface area (Å²) >= 11 is 0. The summed E-state index contributed by atoms with van der Waals surface area (Å²) in [5.74, 6) is -0.532. The fraction of sp³-hybridized carbons (Fsp3) is 0.917. The van der Waals surface area contributed by atoms with E-state index in [9.17, 15) is 18.3 Å². The first-order valence-corrected chi connectivity index (χ1v) is 8.45. The maximum Gasteiger partial charge on any atom is 0.323 e. The predicted octanol–water partition coefficient (Wildman–Crippen LogP) is -0.0518. The van der Waals surface area contributed by atoms with Crippen LogP contribution in [0.25, 0.3) is 0 Å². The van der Waals surface area contributed by atoms with Crippen molar-refractivity contribution < 1.29 is 18.3 Å². The molecule has 2 atom stereocenters. The zero-order valence-electron chi connectivity index (χ0n) is 11.8. The Bertz CT molecular complexity index is 409. The highest BCUT2D eigenvalue weighted by molar-refractivity contribution is 7.91. The maximum atomic E-state index is 11.4. The number of aliphatic carboxylic acids is 1. The summed E-state index contributed by atoms with van der Waals surface area (Å²) in [6.45, 7) is 7.08. The third-order valence-electron chi connectivity index (χ3n) is 3.74. The molecule has 0 aromatic rings. The number of rotatable bonds is 6. The van der Waals surface area contributed by atoms with Crippen molar-refractivity contribution in [3.05, 3.63) is 0 Å². The van der Waals surface area contributed by atoms with Crippen LogP contribution in [0.3, 0.4) is 0 Å². The Morgan fingerprint density at radius 2 is 1.95 bits per heavy atom. The number of sulfone groups is 1. The Balaban J connectivity index is 2.63. The smallest absolute Gasteiger partial charge is 0.323 e. The van der Waals surface area contributed by atoms with Gasteiger partial charge in [-0.1, -0.05) is 6.92 Å². The minimum atomic E-state index is -2.89. The molecule has 0 amide bonds. The highest BCUT2D eigenvalue weighted by Crippen LogP contribution is 2.18. The van der Waals surface area contributed by atoms with Gasteiger partial charge in [-0.3, -0.25) is 9.69 Å². The van der Waals surface area contributed by atoms with Gasteiger partial charge in [-0.25, -0.2) is 8.42 Å². The van der Waals surface area contributed by atoms with Crippen LogP contribution < -0.4 is 5.32 Å². The molecule has 1 aliphatic heterocycles. The van der Waals surface area contributed by atoms with Crippen LogP contribution in [0.4, 0.5) is 0 Å². The number of likely N-dealkylation sites (N-methyl/N-ethyl adjacent to an activating group) is 1. The molecule has 1 saturated heterocycles. The van der Waals surface area contributed by atoms with Crippen molar-refractivity contribution in [3.63, 3.8) is 0 Å². The Hall–Kier alpha value is -0.660. The first kappa shape index (κ1) is 16.4. The van der Waals surface area contributed by atoms with E-state index in [0.717, 1.165) is 0 Å². The summed E-state index contributed by atoms with van der Waals surface area (Å²) in [4.78, 5) is 13.4. The molecule has 0 aromatic heterocycles. The Kier molecular flexibility index (Phi) is 5.34. The van der Waals surface area contributed by atoms with Crippen LogP contribution in [0, 0.1) is 0 Å². The lowest BCUT2D eigenvalue weighted by molar-refractivity contribution is -0.145. The van der Waals surface area contributed by atoms with Gasteiger partial charge in [-0.05, 0) is 26.8 Å². The maximum absolute atomic E-state index is 11.4. The summed E-state index contributed by atoms with van der Waals surface area (Å²) in [5, 5.41) is 12.3. The highest BCUT2D eigenvalue weighted by atomic mass is 32.2. The van der Waals surface area contributed by atoms with Crippen molar-refractivity contribution >= 4 is 15.8 Å². The fourth-order valence-electron chi connectivity index (χ4n) is 2.51. The van der Waals surface area contributed by atoms with Crippen LogP contribution in [0.1, 0.15) is 27.2 Å². The van der Waals surface area contributed by atoms with Crippen molar-refractivity contribution in [1.82, 2.24) is 10.2 Å². The lowest BCUT2D eigenvalue weighted by Gasteiger charge is -2.36. The molecule has 0 radical (unpaired) electrons. The predicted molar refractivity (Wildman–Crippen MR) is 74.0 cm³/mol. The standard InChI is InChI=1S/C12H24N2O4S/c1-4-13-12(3,11(15)16)9-10(2)14-5-7-19(17,18)8-6-14/h10,13H,4-9H2,1-3H3,(H,15,16). The van der Waals surface area contributed by atoms with Gasteiger partial charge < -0.3 is 10.4 Å². The molecule has 1 heterocycles. The third kappa shape index (κ3) is 4.43. The Morgan fingerprint density at radius 3 is 2.37 bits per heavy atom. The molecule has 19 heavy (non-hydrogen) atoms. The molecule has 6 nitrogen and oxygen atoms in total. The quantitative estimate of drug-likeness (QED) is 0.714. The normalized spacial score (nSPS) is 24.6. The van der Waals surface area contributed by atoms with Crippen LogP contribution >= 0.6 is 0 Å². The minimum Gasteiger partial charge on any atom is -0.480 e. The van der Waals surface area contributed by atoms with Crippen molar-refractivity contribution in [3.8, 4) is 0 Å². The van der Waals surface area contributed by atoms with Crippen molar-refractivity contribution in [2.75, 3.05) is 31.1 Å². The van der Waals surface area contributed by atoms with Gasteiger partial charge in [-0.15, -0.1) is 0 Å². The Morgan fingerprint density at radius 1 is 1.42 bits per heavy atom. The van der Waals surface area contributed by atoms with Crippen molar-refractivity contribution in [1.29, 1.82) is 0 Å². The molecule has 7 heteroatoms.